The molecule has 70 valence electrons. The summed E-state index contributed by atoms with van der Waals surface area (Å²) in [6.45, 7) is 14.1. The zero-order valence-electron chi connectivity index (χ0n) is 9.15. The molecular weight excluding hydrogens is 144 g/mol. The Kier molecular flexibility index (Phi) is 11.7. The lowest BCUT2D eigenvalue weighted by molar-refractivity contribution is 1.09. The highest BCUT2D eigenvalue weighted by Gasteiger charge is 1.71. The third-order valence-electron chi connectivity index (χ3n) is 0.810. The molecule has 0 aromatic heterocycles. The molecule has 0 unspecified atom stereocenters. The number of hydrogen-bond donors (Lipinski definition) is 0. The van der Waals surface area contributed by atoms with Gasteiger partial charge in [0.2, 0.25) is 0 Å². The molecule has 0 amide bonds. The molecule has 0 heteroatoms. The molecule has 0 radical (unpaired) electrons. The summed E-state index contributed by atoms with van der Waals surface area (Å²) in [6.07, 6.45) is 7.32. The highest BCUT2D eigenvalue weighted by molar-refractivity contribution is 5.18. The van der Waals surface area contributed by atoms with E-state index in [2.05, 4.69) is 40.3 Å². The van der Waals surface area contributed by atoms with E-state index in [4.69, 9.17) is 0 Å². The van der Waals surface area contributed by atoms with Gasteiger partial charge in [-0.2, -0.15) is 0 Å². The second kappa shape index (κ2) is 10.2. The van der Waals surface area contributed by atoms with Crippen LogP contribution in [0.1, 0.15) is 41.0 Å². The van der Waals surface area contributed by atoms with Gasteiger partial charge in [-0.3, -0.25) is 0 Å². The summed E-state index contributed by atoms with van der Waals surface area (Å²) in [5.41, 5.74) is 2.40. The van der Waals surface area contributed by atoms with E-state index in [0.29, 0.717) is 0 Å². The average molecular weight is 166 g/mol. The second-order valence-corrected chi connectivity index (χ2v) is 3.16. The molecule has 0 fully saturated rings. The molecule has 0 saturated carbocycles. The highest BCUT2D eigenvalue weighted by Crippen LogP contribution is 1.92. The summed E-state index contributed by atoms with van der Waals surface area (Å²) in [7, 11) is 0. The van der Waals surface area contributed by atoms with Crippen molar-refractivity contribution in [3.63, 3.8) is 0 Å². The van der Waals surface area contributed by atoms with Gasteiger partial charge in [-0.25, -0.2) is 0 Å². The maximum atomic E-state index is 3.74. The van der Waals surface area contributed by atoms with Crippen LogP contribution in [0.5, 0.6) is 0 Å². The van der Waals surface area contributed by atoms with Crippen LogP contribution in [0.15, 0.2) is 36.0 Å². The first-order valence-electron chi connectivity index (χ1n) is 4.51. The summed E-state index contributed by atoms with van der Waals surface area (Å²) in [5, 5.41) is 0. The molecular formula is C12H22. The highest BCUT2D eigenvalue weighted by atomic mass is 13.8. The lowest BCUT2D eigenvalue weighted by Crippen LogP contribution is -1.61. The third-order valence-corrected chi connectivity index (χ3v) is 0.810. The summed E-state index contributed by atoms with van der Waals surface area (Å²) in [6, 6.07) is 0. The fourth-order valence-electron chi connectivity index (χ4n) is 0.405. The third kappa shape index (κ3) is 22.9. The van der Waals surface area contributed by atoms with Crippen LogP contribution in [0.25, 0.3) is 0 Å². The summed E-state index contributed by atoms with van der Waals surface area (Å²) in [5.74, 6) is 0. The van der Waals surface area contributed by atoms with Crippen LogP contribution in [0, 0.1) is 0 Å². The molecule has 0 aliphatic rings. The lowest BCUT2D eigenvalue weighted by Gasteiger charge is -1.83. The molecule has 0 spiro atoms. The minimum absolute atomic E-state index is 1.09. The predicted molar refractivity (Wildman–Crippen MR) is 59.4 cm³/mol. The van der Waals surface area contributed by atoms with Crippen molar-refractivity contribution in [2.45, 2.75) is 41.0 Å². The molecule has 0 aromatic rings. The van der Waals surface area contributed by atoms with Gasteiger partial charge in [0.25, 0.3) is 0 Å². The van der Waals surface area contributed by atoms with Gasteiger partial charge in [0.05, 0.1) is 0 Å². The van der Waals surface area contributed by atoms with Crippen LogP contribution in [-0.4, -0.2) is 0 Å². The van der Waals surface area contributed by atoms with Crippen LogP contribution in [0.2, 0.25) is 0 Å². The number of allylic oxidation sites excluding steroid dienone is 5. The molecule has 0 saturated heterocycles. The molecule has 0 bridgehead atoms. The Hall–Kier alpha value is -0.780. The zero-order chi connectivity index (χ0) is 9.98. The van der Waals surface area contributed by atoms with Gasteiger partial charge in [0.15, 0.2) is 0 Å². The molecule has 0 aliphatic heterocycles. The SMILES string of the molecule is C=C(C)/C=C\C=C(C)C.CCC. The van der Waals surface area contributed by atoms with Gasteiger partial charge < -0.3 is 0 Å². The Morgan fingerprint density at radius 3 is 1.83 bits per heavy atom. The van der Waals surface area contributed by atoms with Crippen LogP contribution in [0.4, 0.5) is 0 Å². The van der Waals surface area contributed by atoms with Crippen molar-refractivity contribution in [1.82, 2.24) is 0 Å². The normalized spacial score (nSPS) is 8.75. The van der Waals surface area contributed by atoms with E-state index >= 15 is 0 Å². The fraction of sp³-hybridized carbons (Fsp3) is 0.500. The van der Waals surface area contributed by atoms with E-state index < -0.39 is 0 Å². The Balaban J connectivity index is 0. The van der Waals surface area contributed by atoms with E-state index in [-0.39, 0.29) is 0 Å². The Morgan fingerprint density at radius 1 is 1.17 bits per heavy atom. The zero-order valence-corrected chi connectivity index (χ0v) is 9.15. The van der Waals surface area contributed by atoms with E-state index in [1.54, 1.807) is 0 Å². The van der Waals surface area contributed by atoms with Crippen molar-refractivity contribution in [2.24, 2.45) is 0 Å². The van der Waals surface area contributed by atoms with E-state index in [1.807, 2.05) is 19.1 Å². The minimum atomic E-state index is 1.09. The fourth-order valence-corrected chi connectivity index (χ4v) is 0.405. The quantitative estimate of drug-likeness (QED) is 0.530. The summed E-state index contributed by atoms with van der Waals surface area (Å²) >= 11 is 0. The standard InChI is InChI=1S/C9H14.C3H8/c1-8(2)6-5-7-9(3)4;1-3-2/h5-7H,1H2,2-4H3;3H2,1-2H3/b6-5-;. The van der Waals surface area contributed by atoms with Crippen molar-refractivity contribution in [3.05, 3.63) is 36.0 Å². The van der Waals surface area contributed by atoms with Gasteiger partial charge >= 0.3 is 0 Å². The Bertz CT molecular complexity index is 155. The maximum absolute atomic E-state index is 3.74. The van der Waals surface area contributed by atoms with Gasteiger partial charge in [0, 0.05) is 0 Å². The van der Waals surface area contributed by atoms with Crippen molar-refractivity contribution < 1.29 is 0 Å². The summed E-state index contributed by atoms with van der Waals surface area (Å²) < 4.78 is 0. The first-order chi connectivity index (χ1) is 5.54. The van der Waals surface area contributed by atoms with Gasteiger partial charge in [-0.05, 0) is 20.8 Å². The maximum Gasteiger partial charge on any atom is -0.0404 e. The van der Waals surface area contributed by atoms with Crippen molar-refractivity contribution in [1.29, 1.82) is 0 Å². The Labute approximate surface area is 77.7 Å². The molecule has 0 heterocycles. The van der Waals surface area contributed by atoms with Gasteiger partial charge in [-0.15, -0.1) is 0 Å². The molecule has 0 N–H and O–H groups in total. The van der Waals surface area contributed by atoms with E-state index in [1.165, 1.54) is 12.0 Å². The minimum Gasteiger partial charge on any atom is -0.0961 e. The smallest absolute Gasteiger partial charge is 0.0404 e. The van der Waals surface area contributed by atoms with Crippen molar-refractivity contribution in [3.8, 4) is 0 Å². The van der Waals surface area contributed by atoms with Gasteiger partial charge in [-0.1, -0.05) is 56.2 Å². The Morgan fingerprint density at radius 2 is 1.58 bits per heavy atom. The topological polar surface area (TPSA) is 0 Å². The first kappa shape index (κ1) is 13.8. The first-order valence-corrected chi connectivity index (χ1v) is 4.51. The monoisotopic (exact) mass is 166 g/mol. The molecule has 0 atom stereocenters. The van der Waals surface area contributed by atoms with Crippen molar-refractivity contribution in [2.75, 3.05) is 0 Å². The van der Waals surface area contributed by atoms with Crippen LogP contribution in [-0.2, 0) is 0 Å². The van der Waals surface area contributed by atoms with E-state index in [0.717, 1.165) is 5.57 Å². The number of hydrogen-bond acceptors (Lipinski definition) is 0. The lowest BCUT2D eigenvalue weighted by atomic mass is 10.2. The van der Waals surface area contributed by atoms with Crippen LogP contribution >= 0.6 is 0 Å². The predicted octanol–water partition coefficient (Wildman–Crippen LogP) is 4.50. The molecule has 0 nitrogen and oxygen atoms in total. The number of rotatable bonds is 2. The van der Waals surface area contributed by atoms with Gasteiger partial charge in [0.1, 0.15) is 0 Å². The average Bonchev–Trinajstić information content (AvgIpc) is 1.87. The van der Waals surface area contributed by atoms with Crippen molar-refractivity contribution >= 4 is 0 Å². The largest absolute Gasteiger partial charge is 0.0961 e. The molecule has 0 rings (SSSR count). The van der Waals surface area contributed by atoms with Crippen LogP contribution in [0.3, 0.4) is 0 Å². The molecule has 0 aliphatic carbocycles. The molecule has 0 aromatic carbocycles. The second-order valence-electron chi connectivity index (χ2n) is 3.16. The summed E-state index contributed by atoms with van der Waals surface area (Å²) in [4.78, 5) is 0. The molecule has 12 heavy (non-hydrogen) atoms. The van der Waals surface area contributed by atoms with E-state index in [9.17, 15) is 0 Å². The van der Waals surface area contributed by atoms with Crippen LogP contribution < -0.4 is 0 Å².